The molecule has 0 saturated heterocycles. The molecule has 1 fully saturated rings. The minimum atomic E-state index is -1.06. The van der Waals surface area contributed by atoms with E-state index in [1.165, 1.54) is 25.1 Å². The second-order valence-electron chi connectivity index (χ2n) is 7.02. The summed E-state index contributed by atoms with van der Waals surface area (Å²) in [7, 11) is 0. The highest BCUT2D eigenvalue weighted by molar-refractivity contribution is 5.97. The van der Waals surface area contributed by atoms with E-state index in [1.54, 1.807) is 16.8 Å². The van der Waals surface area contributed by atoms with Crippen molar-refractivity contribution in [2.45, 2.75) is 31.8 Å². The molecule has 1 aliphatic carbocycles. The van der Waals surface area contributed by atoms with Crippen molar-refractivity contribution >= 4 is 17.6 Å². The predicted molar refractivity (Wildman–Crippen MR) is 105 cm³/mol. The van der Waals surface area contributed by atoms with Crippen LogP contribution in [0.1, 0.15) is 41.9 Å². The lowest BCUT2D eigenvalue weighted by Crippen LogP contribution is -2.30. The Morgan fingerprint density at radius 1 is 1.14 bits per heavy atom. The van der Waals surface area contributed by atoms with Crippen molar-refractivity contribution in [1.82, 2.24) is 9.78 Å². The van der Waals surface area contributed by atoms with E-state index in [0.29, 0.717) is 11.6 Å². The number of carbonyl (C=O) groups excluding carboxylic acids is 2. The van der Waals surface area contributed by atoms with Gasteiger partial charge in [-0.2, -0.15) is 5.10 Å². The summed E-state index contributed by atoms with van der Waals surface area (Å²) in [4.78, 5) is 25.1. The second-order valence-corrected chi connectivity index (χ2v) is 7.02. The van der Waals surface area contributed by atoms with Gasteiger partial charge in [-0.3, -0.25) is 4.79 Å². The molecule has 0 radical (unpaired) electrons. The van der Waals surface area contributed by atoms with E-state index < -0.39 is 23.8 Å². The number of benzene rings is 2. The molecular formula is C22H20FN3O3. The van der Waals surface area contributed by atoms with Crippen LogP contribution in [0.4, 0.5) is 10.1 Å². The van der Waals surface area contributed by atoms with Crippen molar-refractivity contribution in [2.24, 2.45) is 0 Å². The van der Waals surface area contributed by atoms with E-state index in [0.717, 1.165) is 24.2 Å². The Morgan fingerprint density at radius 2 is 1.90 bits per heavy atom. The van der Waals surface area contributed by atoms with Crippen LogP contribution in [0, 0.1) is 5.82 Å². The van der Waals surface area contributed by atoms with Gasteiger partial charge in [-0.15, -0.1) is 0 Å². The molecule has 0 aliphatic heterocycles. The molecule has 29 heavy (non-hydrogen) atoms. The normalized spacial score (nSPS) is 14.3. The standard InChI is InChI=1S/C22H20FN3O3/c1-14(21(27)24-17-7-5-6-16(23)12-17)29-22(28)20-13-19(15-10-11-15)25-26(20)18-8-3-2-4-9-18/h2-9,12-15H,10-11H2,1H3,(H,24,27)/t14-/m0/s1. The first-order chi connectivity index (χ1) is 14.0. The van der Waals surface area contributed by atoms with Gasteiger partial charge >= 0.3 is 5.97 Å². The largest absolute Gasteiger partial charge is 0.448 e. The third-order valence-electron chi connectivity index (χ3n) is 4.68. The van der Waals surface area contributed by atoms with Crippen LogP contribution in [0.3, 0.4) is 0 Å². The fraction of sp³-hybridized carbons (Fsp3) is 0.227. The lowest BCUT2D eigenvalue weighted by molar-refractivity contribution is -0.123. The summed E-state index contributed by atoms with van der Waals surface area (Å²) in [5, 5.41) is 7.11. The van der Waals surface area contributed by atoms with Crippen molar-refractivity contribution in [3.63, 3.8) is 0 Å². The number of anilines is 1. The van der Waals surface area contributed by atoms with Crippen LogP contribution in [0.15, 0.2) is 60.7 Å². The molecule has 4 rings (SSSR count). The van der Waals surface area contributed by atoms with Crippen LogP contribution in [0.5, 0.6) is 0 Å². The van der Waals surface area contributed by atoms with Gasteiger partial charge < -0.3 is 10.1 Å². The number of rotatable bonds is 6. The number of carbonyl (C=O) groups is 2. The van der Waals surface area contributed by atoms with Crippen molar-refractivity contribution in [1.29, 1.82) is 0 Å². The first-order valence-corrected chi connectivity index (χ1v) is 9.44. The maximum atomic E-state index is 13.3. The van der Waals surface area contributed by atoms with Crippen LogP contribution in [-0.2, 0) is 9.53 Å². The van der Waals surface area contributed by atoms with E-state index in [2.05, 4.69) is 10.4 Å². The molecule has 0 unspecified atom stereocenters. The molecule has 7 heteroatoms. The van der Waals surface area contributed by atoms with Gasteiger partial charge in [-0.25, -0.2) is 13.9 Å². The third kappa shape index (κ3) is 4.34. The molecule has 0 spiro atoms. The van der Waals surface area contributed by atoms with E-state index in [-0.39, 0.29) is 5.69 Å². The average Bonchev–Trinajstić information content (AvgIpc) is 3.46. The second kappa shape index (κ2) is 7.87. The number of aromatic nitrogens is 2. The quantitative estimate of drug-likeness (QED) is 0.641. The number of hydrogen-bond acceptors (Lipinski definition) is 4. The topological polar surface area (TPSA) is 73.2 Å². The highest BCUT2D eigenvalue weighted by atomic mass is 19.1. The Kier molecular flexibility index (Phi) is 5.12. The van der Waals surface area contributed by atoms with Crippen LogP contribution in [-0.4, -0.2) is 27.8 Å². The molecule has 1 atom stereocenters. The number of halogens is 1. The molecule has 148 valence electrons. The van der Waals surface area contributed by atoms with Crippen LogP contribution < -0.4 is 5.32 Å². The number of amides is 1. The van der Waals surface area contributed by atoms with Gasteiger partial charge in [0.25, 0.3) is 5.91 Å². The van der Waals surface area contributed by atoms with Gasteiger partial charge in [0, 0.05) is 11.6 Å². The van der Waals surface area contributed by atoms with Crippen molar-refractivity contribution in [3.8, 4) is 5.69 Å². The SMILES string of the molecule is C[C@H](OC(=O)c1cc(C2CC2)nn1-c1ccccc1)C(=O)Nc1cccc(F)c1. The summed E-state index contributed by atoms with van der Waals surface area (Å²) < 4.78 is 20.2. The monoisotopic (exact) mass is 393 g/mol. The van der Waals surface area contributed by atoms with E-state index in [4.69, 9.17) is 4.74 Å². The lowest BCUT2D eigenvalue weighted by Gasteiger charge is -2.14. The highest BCUT2D eigenvalue weighted by Gasteiger charge is 2.30. The molecule has 3 aromatic rings. The molecule has 0 bridgehead atoms. The highest BCUT2D eigenvalue weighted by Crippen LogP contribution is 2.39. The molecule has 1 amide bonds. The Labute approximate surface area is 167 Å². The van der Waals surface area contributed by atoms with Crippen LogP contribution in [0.25, 0.3) is 5.69 Å². The zero-order valence-electron chi connectivity index (χ0n) is 15.8. The predicted octanol–water partition coefficient (Wildman–Crippen LogP) is 4.07. The first-order valence-electron chi connectivity index (χ1n) is 9.44. The summed E-state index contributed by atoms with van der Waals surface area (Å²) >= 11 is 0. The van der Waals surface area contributed by atoms with Gasteiger partial charge in [0.1, 0.15) is 5.82 Å². The van der Waals surface area contributed by atoms with Gasteiger partial charge in [0.2, 0.25) is 0 Å². The van der Waals surface area contributed by atoms with Crippen molar-refractivity contribution in [2.75, 3.05) is 5.32 Å². The maximum absolute atomic E-state index is 13.3. The number of nitrogens with zero attached hydrogens (tertiary/aromatic N) is 2. The molecule has 6 nitrogen and oxygen atoms in total. The lowest BCUT2D eigenvalue weighted by atomic mass is 10.2. The summed E-state index contributed by atoms with van der Waals surface area (Å²) in [6.07, 6.45) is 1.04. The number of hydrogen-bond donors (Lipinski definition) is 1. The zero-order valence-corrected chi connectivity index (χ0v) is 15.8. The Balaban J connectivity index is 1.51. The Hall–Kier alpha value is -3.48. The first kappa shape index (κ1) is 18.9. The van der Waals surface area contributed by atoms with Crippen molar-refractivity contribution in [3.05, 3.63) is 77.9 Å². The summed E-state index contributed by atoms with van der Waals surface area (Å²) in [6.45, 7) is 1.47. The fourth-order valence-electron chi connectivity index (χ4n) is 2.97. The molecule has 1 heterocycles. The minimum absolute atomic E-state index is 0.267. The third-order valence-corrected chi connectivity index (χ3v) is 4.68. The number of ether oxygens (including phenoxy) is 1. The van der Waals surface area contributed by atoms with E-state index in [9.17, 15) is 14.0 Å². The van der Waals surface area contributed by atoms with Gasteiger partial charge in [-0.1, -0.05) is 24.3 Å². The summed E-state index contributed by atoms with van der Waals surface area (Å²) in [5.74, 6) is -1.29. The Morgan fingerprint density at radius 3 is 2.59 bits per heavy atom. The van der Waals surface area contributed by atoms with Crippen LogP contribution in [0.2, 0.25) is 0 Å². The van der Waals surface area contributed by atoms with Crippen molar-refractivity contribution < 1.29 is 18.7 Å². The zero-order chi connectivity index (χ0) is 20.4. The summed E-state index contributed by atoms with van der Waals surface area (Å²) in [5.41, 5.74) is 2.15. The maximum Gasteiger partial charge on any atom is 0.357 e. The number of nitrogens with one attached hydrogen (secondary N) is 1. The van der Waals surface area contributed by atoms with Gasteiger partial charge in [0.15, 0.2) is 11.8 Å². The molecule has 1 N–H and O–H groups in total. The average molecular weight is 393 g/mol. The summed E-state index contributed by atoms with van der Waals surface area (Å²) in [6, 6.07) is 16.5. The molecule has 1 aromatic heterocycles. The Bertz CT molecular complexity index is 1040. The van der Waals surface area contributed by atoms with Crippen LogP contribution >= 0.6 is 0 Å². The van der Waals surface area contributed by atoms with Gasteiger partial charge in [-0.05, 0) is 56.2 Å². The van der Waals surface area contributed by atoms with E-state index in [1.807, 2.05) is 30.3 Å². The smallest absolute Gasteiger partial charge is 0.357 e. The molecule has 1 aliphatic rings. The van der Waals surface area contributed by atoms with Gasteiger partial charge in [0.05, 0.1) is 11.4 Å². The fourth-order valence-corrected chi connectivity index (χ4v) is 2.97. The molecule has 2 aromatic carbocycles. The molecular weight excluding hydrogens is 373 g/mol. The number of para-hydroxylation sites is 1. The minimum Gasteiger partial charge on any atom is -0.448 e. The number of esters is 1. The van der Waals surface area contributed by atoms with E-state index >= 15 is 0 Å². The molecule has 1 saturated carbocycles.